The Labute approximate surface area is 167 Å². The Kier molecular flexibility index (Phi) is 5.98. The molecule has 4 rings (SSSR count). The summed E-state index contributed by atoms with van der Waals surface area (Å²) < 4.78 is 2.18. The number of hydrogen-bond donors (Lipinski definition) is 0. The van der Waals surface area contributed by atoms with Gasteiger partial charge in [-0.25, -0.2) is 0 Å². The summed E-state index contributed by atoms with van der Waals surface area (Å²) in [6, 6.07) is 30.1. The van der Waals surface area contributed by atoms with Crippen LogP contribution in [-0.4, -0.2) is 9.78 Å². The largest absolute Gasteiger partial charge is 0.258 e. The topological polar surface area (TPSA) is 17.8 Å². The van der Waals surface area contributed by atoms with Crippen LogP contribution in [0.5, 0.6) is 0 Å². The average Bonchev–Trinajstić information content (AvgIpc) is 3.19. The van der Waals surface area contributed by atoms with Crippen LogP contribution in [0.2, 0.25) is 0 Å². The summed E-state index contributed by atoms with van der Waals surface area (Å²) in [6.45, 7) is 0. The van der Waals surface area contributed by atoms with Gasteiger partial charge in [-0.05, 0) is 42.9 Å². The molecule has 0 spiro atoms. The monoisotopic (exact) mass is 366 g/mol. The van der Waals surface area contributed by atoms with Crippen LogP contribution in [0.25, 0.3) is 10.9 Å². The van der Waals surface area contributed by atoms with Gasteiger partial charge in [-0.1, -0.05) is 91.0 Å². The SMILES string of the molecule is C(=C\[C@H](CCc1ccccc1)n1ncc2ccccc21)/CCc1ccccc1. The average molecular weight is 367 g/mol. The summed E-state index contributed by atoms with van der Waals surface area (Å²) in [5.74, 6) is 0. The zero-order chi connectivity index (χ0) is 19.0. The van der Waals surface area contributed by atoms with E-state index in [2.05, 4.69) is 102 Å². The first kappa shape index (κ1) is 18.2. The molecule has 1 heterocycles. The molecule has 0 aliphatic rings. The second-order valence-electron chi connectivity index (χ2n) is 7.19. The molecule has 28 heavy (non-hydrogen) atoms. The van der Waals surface area contributed by atoms with E-state index in [0.29, 0.717) is 0 Å². The maximum Gasteiger partial charge on any atom is 0.0709 e. The van der Waals surface area contributed by atoms with Crippen molar-refractivity contribution in [3.8, 4) is 0 Å². The minimum atomic E-state index is 0.260. The molecule has 0 fully saturated rings. The fourth-order valence-electron chi connectivity index (χ4n) is 3.66. The van der Waals surface area contributed by atoms with Crippen LogP contribution in [0.3, 0.4) is 0 Å². The van der Waals surface area contributed by atoms with Crippen LogP contribution in [0.4, 0.5) is 0 Å². The third kappa shape index (κ3) is 4.58. The molecular formula is C26H26N2. The van der Waals surface area contributed by atoms with Gasteiger partial charge < -0.3 is 0 Å². The number of aryl methyl sites for hydroxylation is 2. The lowest BCUT2D eigenvalue weighted by Crippen LogP contribution is -2.09. The van der Waals surface area contributed by atoms with Crippen molar-refractivity contribution in [2.75, 3.05) is 0 Å². The highest BCUT2D eigenvalue weighted by molar-refractivity contribution is 5.78. The predicted octanol–water partition coefficient (Wildman–Crippen LogP) is 6.40. The Bertz CT molecular complexity index is 1020. The minimum absolute atomic E-state index is 0.260. The number of fused-ring (bicyclic) bond motifs is 1. The molecule has 0 saturated carbocycles. The van der Waals surface area contributed by atoms with Crippen LogP contribution < -0.4 is 0 Å². The van der Waals surface area contributed by atoms with Crippen molar-refractivity contribution < 1.29 is 0 Å². The van der Waals surface area contributed by atoms with Crippen LogP contribution >= 0.6 is 0 Å². The molecule has 0 radical (unpaired) electrons. The Morgan fingerprint density at radius 3 is 2.14 bits per heavy atom. The van der Waals surface area contributed by atoms with Crippen molar-refractivity contribution in [2.24, 2.45) is 0 Å². The quantitative estimate of drug-likeness (QED) is 0.330. The van der Waals surface area contributed by atoms with E-state index in [9.17, 15) is 0 Å². The number of nitrogens with zero attached hydrogens (tertiary/aromatic N) is 2. The first-order chi connectivity index (χ1) is 13.9. The fourth-order valence-corrected chi connectivity index (χ4v) is 3.66. The van der Waals surface area contributed by atoms with E-state index in [1.165, 1.54) is 22.0 Å². The van der Waals surface area contributed by atoms with Gasteiger partial charge in [0.2, 0.25) is 0 Å². The highest BCUT2D eigenvalue weighted by atomic mass is 15.3. The predicted molar refractivity (Wildman–Crippen MR) is 117 cm³/mol. The van der Waals surface area contributed by atoms with Gasteiger partial charge in [0.15, 0.2) is 0 Å². The minimum Gasteiger partial charge on any atom is -0.258 e. The summed E-state index contributed by atoms with van der Waals surface area (Å²) in [5, 5.41) is 5.91. The number of benzene rings is 3. The van der Waals surface area contributed by atoms with Crippen LogP contribution in [0.1, 0.15) is 30.0 Å². The van der Waals surface area contributed by atoms with Gasteiger partial charge in [-0.3, -0.25) is 4.68 Å². The highest BCUT2D eigenvalue weighted by Gasteiger charge is 2.12. The first-order valence-electron chi connectivity index (χ1n) is 10.1. The Hall–Kier alpha value is -3.13. The molecule has 140 valence electrons. The second-order valence-corrected chi connectivity index (χ2v) is 7.19. The molecule has 2 nitrogen and oxygen atoms in total. The molecule has 0 amide bonds. The number of allylic oxidation sites excluding steroid dienone is 2. The van der Waals surface area contributed by atoms with E-state index in [0.717, 1.165) is 25.7 Å². The molecule has 2 heteroatoms. The molecule has 4 aromatic rings. The number of para-hydroxylation sites is 1. The second kappa shape index (κ2) is 9.18. The van der Waals surface area contributed by atoms with Crippen LogP contribution in [-0.2, 0) is 12.8 Å². The van der Waals surface area contributed by atoms with Crippen molar-refractivity contribution in [3.05, 3.63) is 114 Å². The summed E-state index contributed by atoms with van der Waals surface area (Å²) in [6.07, 6.45) is 10.8. The lowest BCUT2D eigenvalue weighted by molar-refractivity contribution is 0.518. The van der Waals surface area contributed by atoms with Crippen LogP contribution in [0.15, 0.2) is 103 Å². The zero-order valence-electron chi connectivity index (χ0n) is 16.1. The molecule has 3 aromatic carbocycles. The van der Waals surface area contributed by atoms with Crippen LogP contribution in [0, 0.1) is 0 Å². The number of aromatic nitrogens is 2. The lowest BCUT2D eigenvalue weighted by Gasteiger charge is -2.15. The maximum absolute atomic E-state index is 4.71. The Morgan fingerprint density at radius 2 is 1.39 bits per heavy atom. The van der Waals surface area contributed by atoms with Crippen molar-refractivity contribution in [2.45, 2.75) is 31.7 Å². The van der Waals surface area contributed by atoms with E-state index < -0.39 is 0 Å². The number of rotatable bonds is 8. The van der Waals surface area contributed by atoms with Gasteiger partial charge in [0.1, 0.15) is 0 Å². The summed E-state index contributed by atoms with van der Waals surface area (Å²) in [4.78, 5) is 0. The van der Waals surface area contributed by atoms with E-state index in [1.54, 1.807) is 0 Å². The normalized spacial score (nSPS) is 12.6. The summed E-state index contributed by atoms with van der Waals surface area (Å²) >= 11 is 0. The molecular weight excluding hydrogens is 340 g/mol. The Balaban J connectivity index is 1.50. The van der Waals surface area contributed by atoms with E-state index in [4.69, 9.17) is 5.10 Å². The Morgan fingerprint density at radius 1 is 0.750 bits per heavy atom. The molecule has 1 aromatic heterocycles. The van der Waals surface area contributed by atoms with Gasteiger partial charge >= 0.3 is 0 Å². The van der Waals surface area contributed by atoms with Gasteiger partial charge in [-0.15, -0.1) is 0 Å². The smallest absolute Gasteiger partial charge is 0.0709 e. The standard InChI is InChI=1S/C26H26N2/c1-3-11-22(12-4-1)15-7-9-17-25(20-19-23-13-5-2-6-14-23)28-26-18-10-8-16-24(26)21-27-28/h1-6,8-14,16-18,21,25H,7,15,19-20H2/b17-9+/t25-/m1/s1. The molecule has 0 bridgehead atoms. The fraction of sp³-hybridized carbons (Fsp3) is 0.192. The first-order valence-corrected chi connectivity index (χ1v) is 10.1. The third-order valence-corrected chi connectivity index (χ3v) is 5.19. The van der Waals surface area contributed by atoms with Gasteiger partial charge in [0.25, 0.3) is 0 Å². The van der Waals surface area contributed by atoms with E-state index in [1.807, 2.05) is 6.20 Å². The molecule has 1 atom stereocenters. The molecule has 0 aliphatic heterocycles. The molecule has 0 N–H and O–H groups in total. The van der Waals surface area contributed by atoms with Gasteiger partial charge in [0, 0.05) is 5.39 Å². The lowest BCUT2D eigenvalue weighted by atomic mass is 10.0. The molecule has 0 unspecified atom stereocenters. The van der Waals surface area contributed by atoms with Gasteiger partial charge in [-0.2, -0.15) is 5.10 Å². The van der Waals surface area contributed by atoms with Gasteiger partial charge in [0.05, 0.1) is 17.8 Å². The van der Waals surface area contributed by atoms with E-state index >= 15 is 0 Å². The maximum atomic E-state index is 4.71. The van der Waals surface area contributed by atoms with Crippen molar-refractivity contribution in [1.82, 2.24) is 9.78 Å². The zero-order valence-corrected chi connectivity index (χ0v) is 16.1. The molecule has 0 saturated heterocycles. The summed E-state index contributed by atoms with van der Waals surface area (Å²) in [5.41, 5.74) is 3.97. The van der Waals surface area contributed by atoms with Crippen molar-refractivity contribution >= 4 is 10.9 Å². The van der Waals surface area contributed by atoms with E-state index in [-0.39, 0.29) is 6.04 Å². The molecule has 0 aliphatic carbocycles. The highest BCUT2D eigenvalue weighted by Crippen LogP contribution is 2.23. The third-order valence-electron chi connectivity index (χ3n) is 5.19. The van der Waals surface area contributed by atoms with Crippen molar-refractivity contribution in [3.63, 3.8) is 0 Å². The summed E-state index contributed by atoms with van der Waals surface area (Å²) in [7, 11) is 0. The number of hydrogen-bond acceptors (Lipinski definition) is 1. The van der Waals surface area contributed by atoms with Crippen molar-refractivity contribution in [1.29, 1.82) is 0 Å².